The summed E-state index contributed by atoms with van der Waals surface area (Å²) in [4.78, 5) is 0.302. The number of ether oxygens (including phenoxy) is 2. The largest absolute Gasteiger partial charge is 0.493 e. The molecule has 0 heterocycles. The van der Waals surface area contributed by atoms with Crippen LogP contribution in [-0.2, 0) is 10.0 Å². The lowest BCUT2D eigenvalue weighted by Crippen LogP contribution is -2.37. The number of aryl methyl sites for hydroxylation is 3. The van der Waals surface area contributed by atoms with Gasteiger partial charge in [0.05, 0.1) is 29.7 Å². The predicted octanol–water partition coefficient (Wildman–Crippen LogP) is 3.24. The lowest BCUT2D eigenvalue weighted by atomic mass is 10.1. The monoisotopic (exact) mass is 388 g/mol. The standard InChI is InChI=1S/C20H24N2O4S/c1-13-8-14(2)20(15(3)9-13)27(23,24)22-16(4)12-26-18-7-6-17(11-21)10-19(18)25-5/h6-10,16,22H,12H2,1-5H3. The number of hydrogen-bond donors (Lipinski definition) is 1. The summed E-state index contributed by atoms with van der Waals surface area (Å²) >= 11 is 0. The summed E-state index contributed by atoms with van der Waals surface area (Å²) in [5, 5.41) is 8.94. The Morgan fingerprint density at radius 2 is 1.74 bits per heavy atom. The molecule has 2 aromatic rings. The van der Waals surface area contributed by atoms with E-state index in [9.17, 15) is 8.42 Å². The highest BCUT2D eigenvalue weighted by molar-refractivity contribution is 7.89. The van der Waals surface area contributed by atoms with Gasteiger partial charge in [-0.1, -0.05) is 17.7 Å². The van der Waals surface area contributed by atoms with Gasteiger partial charge < -0.3 is 9.47 Å². The molecular weight excluding hydrogens is 364 g/mol. The van der Waals surface area contributed by atoms with Gasteiger partial charge in [-0.05, 0) is 51.0 Å². The number of nitrogens with one attached hydrogen (secondary N) is 1. The molecule has 0 aromatic heterocycles. The Bertz CT molecular complexity index is 955. The summed E-state index contributed by atoms with van der Waals surface area (Å²) in [6, 6.07) is 10.1. The Morgan fingerprint density at radius 3 is 2.30 bits per heavy atom. The van der Waals surface area contributed by atoms with E-state index in [0.29, 0.717) is 33.1 Å². The second-order valence-electron chi connectivity index (χ2n) is 6.54. The van der Waals surface area contributed by atoms with Crippen LogP contribution in [0.1, 0.15) is 29.2 Å². The maximum absolute atomic E-state index is 12.8. The van der Waals surface area contributed by atoms with Crippen molar-refractivity contribution in [1.29, 1.82) is 5.26 Å². The summed E-state index contributed by atoms with van der Waals surface area (Å²) in [6.07, 6.45) is 0. The normalized spacial score (nSPS) is 12.3. The molecule has 0 radical (unpaired) electrons. The number of nitrogens with zero attached hydrogens (tertiary/aromatic N) is 1. The average molecular weight is 388 g/mol. The molecule has 27 heavy (non-hydrogen) atoms. The minimum absolute atomic E-state index is 0.117. The lowest BCUT2D eigenvalue weighted by molar-refractivity contribution is 0.271. The third-order valence-electron chi connectivity index (χ3n) is 4.01. The van der Waals surface area contributed by atoms with Crippen molar-refractivity contribution in [3.05, 3.63) is 52.6 Å². The zero-order valence-electron chi connectivity index (χ0n) is 16.2. The van der Waals surface area contributed by atoms with E-state index in [1.165, 1.54) is 7.11 Å². The van der Waals surface area contributed by atoms with Crippen LogP contribution in [0.2, 0.25) is 0 Å². The van der Waals surface area contributed by atoms with Crippen LogP contribution in [0.5, 0.6) is 11.5 Å². The molecule has 7 heteroatoms. The number of nitriles is 1. The highest BCUT2D eigenvalue weighted by Crippen LogP contribution is 2.28. The fourth-order valence-electron chi connectivity index (χ4n) is 3.02. The van der Waals surface area contributed by atoms with E-state index in [4.69, 9.17) is 14.7 Å². The van der Waals surface area contributed by atoms with Crippen molar-refractivity contribution >= 4 is 10.0 Å². The second kappa shape index (κ2) is 8.42. The number of benzene rings is 2. The van der Waals surface area contributed by atoms with E-state index < -0.39 is 16.1 Å². The molecule has 1 atom stereocenters. The van der Waals surface area contributed by atoms with Crippen LogP contribution in [0.4, 0.5) is 0 Å². The molecule has 0 aliphatic rings. The Balaban J connectivity index is 2.12. The van der Waals surface area contributed by atoms with Gasteiger partial charge >= 0.3 is 0 Å². The molecule has 0 aliphatic heterocycles. The number of sulfonamides is 1. The molecule has 144 valence electrons. The second-order valence-corrected chi connectivity index (χ2v) is 8.19. The van der Waals surface area contributed by atoms with Crippen molar-refractivity contribution < 1.29 is 17.9 Å². The third kappa shape index (κ3) is 5.00. The smallest absolute Gasteiger partial charge is 0.241 e. The predicted molar refractivity (Wildman–Crippen MR) is 104 cm³/mol. The highest BCUT2D eigenvalue weighted by Gasteiger charge is 2.22. The Kier molecular flexibility index (Phi) is 6.47. The molecule has 1 unspecified atom stereocenters. The molecule has 0 saturated carbocycles. The molecule has 0 aliphatic carbocycles. The van der Waals surface area contributed by atoms with Gasteiger partial charge in [0, 0.05) is 6.07 Å². The summed E-state index contributed by atoms with van der Waals surface area (Å²) in [6.45, 7) is 7.36. The highest BCUT2D eigenvalue weighted by atomic mass is 32.2. The molecule has 0 saturated heterocycles. The van der Waals surface area contributed by atoms with E-state index in [-0.39, 0.29) is 6.61 Å². The molecule has 0 spiro atoms. The van der Waals surface area contributed by atoms with Crippen molar-refractivity contribution in [2.24, 2.45) is 0 Å². The van der Waals surface area contributed by atoms with E-state index in [1.807, 2.05) is 25.1 Å². The topological polar surface area (TPSA) is 88.4 Å². The van der Waals surface area contributed by atoms with Gasteiger partial charge in [-0.2, -0.15) is 5.26 Å². The minimum atomic E-state index is -3.67. The summed E-state index contributed by atoms with van der Waals surface area (Å²) in [5.41, 5.74) is 2.90. The molecule has 2 rings (SSSR count). The first-order valence-corrected chi connectivity index (χ1v) is 9.97. The Hall–Kier alpha value is -2.56. The van der Waals surface area contributed by atoms with Crippen LogP contribution in [0, 0.1) is 32.1 Å². The van der Waals surface area contributed by atoms with Crippen molar-refractivity contribution in [1.82, 2.24) is 4.72 Å². The Labute approximate surface area is 160 Å². The quantitative estimate of drug-likeness (QED) is 0.787. The average Bonchev–Trinajstić information content (AvgIpc) is 2.58. The third-order valence-corrected chi connectivity index (χ3v) is 5.91. The molecular formula is C20H24N2O4S. The van der Waals surface area contributed by atoms with Crippen LogP contribution in [0.25, 0.3) is 0 Å². The fourth-order valence-corrected chi connectivity index (χ4v) is 4.70. The lowest BCUT2D eigenvalue weighted by Gasteiger charge is -2.18. The van der Waals surface area contributed by atoms with Gasteiger partial charge in [-0.15, -0.1) is 0 Å². The summed E-state index contributed by atoms with van der Waals surface area (Å²) < 4.78 is 39.1. The number of methoxy groups -OCH3 is 1. The van der Waals surface area contributed by atoms with Gasteiger partial charge in [0.2, 0.25) is 10.0 Å². The molecule has 0 fully saturated rings. The molecule has 0 amide bonds. The first kappa shape index (κ1) is 20.7. The van der Waals surface area contributed by atoms with E-state index in [2.05, 4.69) is 4.72 Å². The van der Waals surface area contributed by atoms with E-state index in [0.717, 1.165) is 5.56 Å². The van der Waals surface area contributed by atoms with Gasteiger partial charge in [-0.3, -0.25) is 0 Å². The molecule has 0 bridgehead atoms. The molecule has 2 aromatic carbocycles. The van der Waals surface area contributed by atoms with Crippen LogP contribution < -0.4 is 14.2 Å². The molecule has 6 nitrogen and oxygen atoms in total. The SMILES string of the molecule is COc1cc(C#N)ccc1OCC(C)NS(=O)(=O)c1c(C)cc(C)cc1C. The van der Waals surface area contributed by atoms with Crippen molar-refractivity contribution in [2.75, 3.05) is 13.7 Å². The van der Waals surface area contributed by atoms with Gasteiger partial charge in [0.25, 0.3) is 0 Å². The van der Waals surface area contributed by atoms with E-state index in [1.54, 1.807) is 39.0 Å². The fraction of sp³-hybridized carbons (Fsp3) is 0.350. The number of rotatable bonds is 7. The summed E-state index contributed by atoms with van der Waals surface area (Å²) in [5.74, 6) is 0.875. The van der Waals surface area contributed by atoms with Crippen LogP contribution in [0.15, 0.2) is 35.2 Å². The van der Waals surface area contributed by atoms with Crippen molar-refractivity contribution in [2.45, 2.75) is 38.6 Å². The zero-order valence-corrected chi connectivity index (χ0v) is 17.0. The molecule has 1 N–H and O–H groups in total. The van der Waals surface area contributed by atoms with Crippen LogP contribution >= 0.6 is 0 Å². The zero-order chi connectivity index (χ0) is 20.2. The number of hydrogen-bond acceptors (Lipinski definition) is 5. The maximum Gasteiger partial charge on any atom is 0.241 e. The van der Waals surface area contributed by atoms with Gasteiger partial charge in [0.15, 0.2) is 11.5 Å². The first-order valence-electron chi connectivity index (χ1n) is 8.49. The maximum atomic E-state index is 12.8. The van der Waals surface area contributed by atoms with Crippen LogP contribution in [-0.4, -0.2) is 28.2 Å². The van der Waals surface area contributed by atoms with Gasteiger partial charge in [0.1, 0.15) is 6.61 Å². The first-order chi connectivity index (χ1) is 12.7. The summed E-state index contributed by atoms with van der Waals surface area (Å²) in [7, 11) is -2.19. The van der Waals surface area contributed by atoms with Gasteiger partial charge in [-0.25, -0.2) is 13.1 Å². The Morgan fingerprint density at radius 1 is 1.11 bits per heavy atom. The minimum Gasteiger partial charge on any atom is -0.493 e. The van der Waals surface area contributed by atoms with Crippen molar-refractivity contribution in [3.8, 4) is 17.6 Å². The van der Waals surface area contributed by atoms with Crippen molar-refractivity contribution in [3.63, 3.8) is 0 Å². The van der Waals surface area contributed by atoms with Crippen LogP contribution in [0.3, 0.4) is 0 Å². The van der Waals surface area contributed by atoms with E-state index >= 15 is 0 Å².